The van der Waals surface area contributed by atoms with Crippen LogP contribution in [0.4, 0.5) is 5.69 Å². The molecule has 0 saturated heterocycles. The van der Waals surface area contributed by atoms with E-state index in [0.29, 0.717) is 35.7 Å². The van der Waals surface area contributed by atoms with Gasteiger partial charge in [0.2, 0.25) is 5.91 Å². The Labute approximate surface area is 204 Å². The van der Waals surface area contributed by atoms with E-state index in [9.17, 15) is 9.59 Å². The van der Waals surface area contributed by atoms with Gasteiger partial charge in [-0.1, -0.05) is 19.1 Å². The lowest BCUT2D eigenvalue weighted by molar-refractivity contribution is -0.133. The molecule has 0 bridgehead atoms. The monoisotopic (exact) mass is 472 g/mol. The SMILES string of the molecule is CCC1CC(=O)N(Cc2ccc(NC(=O)c3cccnc3)cc2)N=C1c1ccc(OC)c(OC)c1. The van der Waals surface area contributed by atoms with Crippen molar-refractivity contribution in [3.63, 3.8) is 0 Å². The number of nitrogens with one attached hydrogen (secondary N) is 1. The van der Waals surface area contributed by atoms with Gasteiger partial charge >= 0.3 is 0 Å². The molecule has 1 atom stereocenters. The molecule has 0 fully saturated rings. The minimum absolute atomic E-state index is 0.0185. The largest absolute Gasteiger partial charge is 0.493 e. The number of ether oxygens (including phenoxy) is 2. The van der Waals surface area contributed by atoms with E-state index in [1.807, 2.05) is 42.5 Å². The number of amides is 2. The number of pyridine rings is 1. The van der Waals surface area contributed by atoms with Gasteiger partial charge < -0.3 is 14.8 Å². The maximum atomic E-state index is 12.8. The van der Waals surface area contributed by atoms with Gasteiger partial charge in [0.15, 0.2) is 11.5 Å². The fourth-order valence-corrected chi connectivity index (χ4v) is 4.00. The zero-order valence-corrected chi connectivity index (χ0v) is 20.0. The van der Waals surface area contributed by atoms with Crippen LogP contribution >= 0.6 is 0 Å². The van der Waals surface area contributed by atoms with Gasteiger partial charge in [-0.05, 0) is 54.4 Å². The normalized spacial score (nSPS) is 15.4. The van der Waals surface area contributed by atoms with Crippen LogP contribution in [0.15, 0.2) is 72.1 Å². The van der Waals surface area contributed by atoms with Crippen LogP contribution in [0.25, 0.3) is 0 Å². The number of rotatable bonds is 8. The van der Waals surface area contributed by atoms with Gasteiger partial charge in [-0.25, -0.2) is 5.01 Å². The topological polar surface area (TPSA) is 93.1 Å². The molecule has 3 aromatic rings. The first kappa shape index (κ1) is 23.9. The highest BCUT2D eigenvalue weighted by Gasteiger charge is 2.29. The van der Waals surface area contributed by atoms with Crippen molar-refractivity contribution >= 4 is 23.2 Å². The zero-order valence-electron chi connectivity index (χ0n) is 20.0. The van der Waals surface area contributed by atoms with E-state index in [1.165, 1.54) is 11.2 Å². The summed E-state index contributed by atoms with van der Waals surface area (Å²) in [4.78, 5) is 29.2. The molecule has 2 heterocycles. The van der Waals surface area contributed by atoms with Crippen molar-refractivity contribution in [2.45, 2.75) is 26.3 Å². The van der Waals surface area contributed by atoms with Crippen molar-refractivity contribution in [3.8, 4) is 11.5 Å². The van der Waals surface area contributed by atoms with Gasteiger partial charge in [-0.2, -0.15) is 5.10 Å². The van der Waals surface area contributed by atoms with Crippen LogP contribution < -0.4 is 14.8 Å². The number of carbonyl (C=O) groups is 2. The van der Waals surface area contributed by atoms with E-state index in [-0.39, 0.29) is 17.7 Å². The summed E-state index contributed by atoms with van der Waals surface area (Å²) < 4.78 is 10.8. The molecule has 8 nitrogen and oxygen atoms in total. The third-order valence-corrected chi connectivity index (χ3v) is 5.96. The van der Waals surface area contributed by atoms with E-state index in [2.05, 4.69) is 17.2 Å². The van der Waals surface area contributed by atoms with Crippen LogP contribution in [0.1, 0.15) is 41.3 Å². The Kier molecular flexibility index (Phi) is 7.40. The van der Waals surface area contributed by atoms with Crippen molar-refractivity contribution < 1.29 is 19.1 Å². The zero-order chi connectivity index (χ0) is 24.8. The molecular weight excluding hydrogens is 444 g/mol. The van der Waals surface area contributed by atoms with E-state index >= 15 is 0 Å². The van der Waals surface area contributed by atoms with E-state index in [1.54, 1.807) is 32.5 Å². The molecule has 8 heteroatoms. The van der Waals surface area contributed by atoms with Gasteiger partial charge in [0, 0.05) is 36.0 Å². The minimum atomic E-state index is -0.230. The third kappa shape index (κ3) is 5.48. The van der Waals surface area contributed by atoms with Crippen LogP contribution in [0, 0.1) is 5.92 Å². The van der Waals surface area contributed by atoms with E-state index in [0.717, 1.165) is 23.3 Å². The second-order valence-electron chi connectivity index (χ2n) is 8.21. The summed E-state index contributed by atoms with van der Waals surface area (Å²) in [5, 5.41) is 9.12. The Balaban J connectivity index is 1.52. The smallest absolute Gasteiger partial charge is 0.257 e. The Morgan fingerprint density at radius 1 is 1.09 bits per heavy atom. The maximum Gasteiger partial charge on any atom is 0.257 e. The third-order valence-electron chi connectivity index (χ3n) is 5.96. The van der Waals surface area contributed by atoms with Gasteiger partial charge in [0.1, 0.15) is 0 Å². The molecule has 2 amide bonds. The summed E-state index contributed by atoms with van der Waals surface area (Å²) >= 11 is 0. The number of nitrogens with zero attached hydrogens (tertiary/aromatic N) is 3. The fraction of sp³-hybridized carbons (Fsp3) is 0.259. The molecular formula is C27H28N4O4. The fourth-order valence-electron chi connectivity index (χ4n) is 4.00. The first-order valence-corrected chi connectivity index (χ1v) is 11.4. The summed E-state index contributed by atoms with van der Waals surface area (Å²) in [5.41, 5.74) is 3.81. The molecule has 4 rings (SSSR count). The van der Waals surface area contributed by atoms with Gasteiger partial charge in [0.25, 0.3) is 5.91 Å². The molecule has 2 aromatic carbocycles. The molecule has 0 spiro atoms. The number of carbonyl (C=O) groups excluding carboxylic acids is 2. The quantitative estimate of drug-likeness (QED) is 0.521. The number of benzene rings is 2. The van der Waals surface area contributed by atoms with E-state index < -0.39 is 0 Å². The number of hydrazone groups is 1. The van der Waals surface area contributed by atoms with Crippen molar-refractivity contribution in [1.29, 1.82) is 0 Å². The molecule has 1 N–H and O–H groups in total. The van der Waals surface area contributed by atoms with Crippen molar-refractivity contribution in [1.82, 2.24) is 9.99 Å². The minimum Gasteiger partial charge on any atom is -0.493 e. The van der Waals surface area contributed by atoms with Crippen LogP contribution in [-0.2, 0) is 11.3 Å². The summed E-state index contributed by atoms with van der Waals surface area (Å²) in [7, 11) is 3.20. The lowest BCUT2D eigenvalue weighted by Crippen LogP contribution is -2.36. The van der Waals surface area contributed by atoms with Crippen LogP contribution in [-0.4, -0.2) is 41.7 Å². The van der Waals surface area contributed by atoms with Crippen LogP contribution in [0.3, 0.4) is 0 Å². The number of anilines is 1. The van der Waals surface area contributed by atoms with E-state index in [4.69, 9.17) is 14.6 Å². The molecule has 0 radical (unpaired) electrons. The summed E-state index contributed by atoms with van der Waals surface area (Å²) in [6, 6.07) is 16.5. The van der Waals surface area contributed by atoms with Crippen molar-refractivity contribution in [3.05, 3.63) is 83.7 Å². The second kappa shape index (κ2) is 10.8. The number of hydrogen-bond acceptors (Lipinski definition) is 6. The molecule has 0 saturated carbocycles. The average molecular weight is 473 g/mol. The predicted octanol–water partition coefficient (Wildman–Crippen LogP) is 4.51. The first-order chi connectivity index (χ1) is 17.0. The van der Waals surface area contributed by atoms with Gasteiger partial charge in [0.05, 0.1) is 32.0 Å². The lowest BCUT2D eigenvalue weighted by Gasteiger charge is -2.29. The molecule has 1 unspecified atom stereocenters. The van der Waals surface area contributed by atoms with Crippen molar-refractivity contribution in [2.24, 2.45) is 11.0 Å². The Bertz CT molecular complexity index is 1230. The number of methoxy groups -OCH3 is 2. The Hall–Kier alpha value is -4.20. The Morgan fingerprint density at radius 3 is 2.51 bits per heavy atom. The highest BCUT2D eigenvalue weighted by Crippen LogP contribution is 2.31. The molecule has 1 aliphatic heterocycles. The van der Waals surface area contributed by atoms with Gasteiger partial charge in [-0.3, -0.25) is 14.6 Å². The van der Waals surface area contributed by atoms with Crippen LogP contribution in [0.2, 0.25) is 0 Å². The molecule has 1 aromatic heterocycles. The van der Waals surface area contributed by atoms with Gasteiger partial charge in [-0.15, -0.1) is 0 Å². The summed E-state index contributed by atoms with van der Waals surface area (Å²) in [6.45, 7) is 2.39. The predicted molar refractivity (Wildman–Crippen MR) is 134 cm³/mol. The highest BCUT2D eigenvalue weighted by molar-refractivity contribution is 6.06. The number of aromatic nitrogens is 1. The highest BCUT2D eigenvalue weighted by atomic mass is 16.5. The molecule has 1 aliphatic rings. The summed E-state index contributed by atoms with van der Waals surface area (Å²) in [5.74, 6) is 1.04. The number of hydrogen-bond donors (Lipinski definition) is 1. The van der Waals surface area contributed by atoms with Crippen molar-refractivity contribution in [2.75, 3.05) is 19.5 Å². The summed E-state index contributed by atoms with van der Waals surface area (Å²) in [6.07, 6.45) is 4.33. The second-order valence-corrected chi connectivity index (χ2v) is 8.21. The average Bonchev–Trinajstić information content (AvgIpc) is 2.90. The molecule has 35 heavy (non-hydrogen) atoms. The van der Waals surface area contributed by atoms with Crippen LogP contribution in [0.5, 0.6) is 11.5 Å². The first-order valence-electron chi connectivity index (χ1n) is 11.4. The standard InChI is InChI=1S/C27H28N4O4/c1-4-19-15-25(32)31(30-26(19)20-9-12-23(34-2)24(14-20)35-3)17-18-7-10-22(11-8-18)29-27(33)21-6-5-13-28-16-21/h5-14,16,19H,4,15,17H2,1-3H3,(H,29,33). The maximum absolute atomic E-state index is 12.8. The Morgan fingerprint density at radius 2 is 1.86 bits per heavy atom. The lowest BCUT2D eigenvalue weighted by atomic mass is 9.89. The molecule has 0 aliphatic carbocycles. The molecule has 180 valence electrons.